The fourth-order valence-electron chi connectivity index (χ4n) is 2.00. The van der Waals surface area contributed by atoms with Gasteiger partial charge in [-0.25, -0.2) is 0 Å². The standard InChI is InChI=1S/C14H11N/c1-2-6-12-11(5-1)9-10-15-14-8-4-3-7-13(12)14/h1-9H,10H2. The van der Waals surface area contributed by atoms with Crippen LogP contribution in [0.2, 0.25) is 0 Å². The summed E-state index contributed by atoms with van der Waals surface area (Å²) < 4.78 is 0. The summed E-state index contributed by atoms with van der Waals surface area (Å²) in [5.41, 5.74) is 0. The topological polar surface area (TPSA) is 12.4 Å². The maximum absolute atomic E-state index is 4.55. The summed E-state index contributed by atoms with van der Waals surface area (Å²) in [6, 6.07) is 16.8. The summed E-state index contributed by atoms with van der Waals surface area (Å²) in [4.78, 5) is 4.55. The molecule has 0 bridgehead atoms. The van der Waals surface area contributed by atoms with Crippen LogP contribution in [0.3, 0.4) is 0 Å². The Morgan fingerprint density at radius 3 is 2.47 bits per heavy atom. The van der Waals surface area contributed by atoms with E-state index in [1.807, 2.05) is 6.07 Å². The lowest BCUT2D eigenvalue weighted by atomic mass is 10.1. The van der Waals surface area contributed by atoms with Crippen molar-refractivity contribution >= 4 is 6.08 Å². The lowest BCUT2D eigenvalue weighted by molar-refractivity contribution is 1.17. The maximum Gasteiger partial charge on any atom is 0.0656 e. The van der Waals surface area contributed by atoms with Gasteiger partial charge >= 0.3 is 0 Å². The summed E-state index contributed by atoms with van der Waals surface area (Å²) in [5, 5.41) is 4.90. The highest BCUT2D eigenvalue weighted by Crippen LogP contribution is 1.91. The number of benzene rings is 2. The predicted molar refractivity (Wildman–Crippen MR) is 60.7 cm³/mol. The van der Waals surface area contributed by atoms with E-state index in [1.54, 1.807) is 0 Å². The molecule has 0 saturated carbocycles. The van der Waals surface area contributed by atoms with Crippen LogP contribution in [0.25, 0.3) is 6.08 Å². The van der Waals surface area contributed by atoms with Crippen LogP contribution in [0.15, 0.2) is 53.5 Å². The molecule has 1 nitrogen and oxygen atoms in total. The molecule has 0 fully saturated rings. The van der Waals surface area contributed by atoms with Gasteiger partial charge in [-0.1, -0.05) is 48.5 Å². The summed E-state index contributed by atoms with van der Waals surface area (Å²) in [6.45, 7) is 0.772. The minimum absolute atomic E-state index is 0.772. The average Bonchev–Trinajstić information content (AvgIpc) is 2.48. The van der Waals surface area contributed by atoms with Gasteiger partial charge in [0, 0.05) is 5.22 Å². The van der Waals surface area contributed by atoms with Gasteiger partial charge < -0.3 is 0 Å². The van der Waals surface area contributed by atoms with E-state index in [9.17, 15) is 0 Å². The number of rotatable bonds is 0. The zero-order valence-corrected chi connectivity index (χ0v) is 8.35. The van der Waals surface area contributed by atoms with Gasteiger partial charge in [-0.15, -0.1) is 0 Å². The van der Waals surface area contributed by atoms with Crippen LogP contribution in [0.5, 0.6) is 0 Å². The molecule has 1 heterocycles. The van der Waals surface area contributed by atoms with Crippen molar-refractivity contribution in [3.63, 3.8) is 0 Å². The van der Waals surface area contributed by atoms with Gasteiger partial charge in [0.25, 0.3) is 0 Å². The summed E-state index contributed by atoms with van der Waals surface area (Å²) >= 11 is 0. The molecule has 0 spiro atoms. The fourth-order valence-corrected chi connectivity index (χ4v) is 2.00. The van der Waals surface area contributed by atoms with Crippen molar-refractivity contribution in [2.75, 3.05) is 6.54 Å². The number of fused-ring (bicyclic) bond motifs is 2. The van der Waals surface area contributed by atoms with Crippen LogP contribution in [0, 0.1) is 10.4 Å². The molecule has 0 aliphatic carbocycles. The Morgan fingerprint density at radius 1 is 0.800 bits per heavy atom. The van der Waals surface area contributed by atoms with Crippen LogP contribution >= 0.6 is 0 Å². The Kier molecular flexibility index (Phi) is 1.88. The average molecular weight is 193 g/mol. The fraction of sp³-hybridized carbons (Fsp3) is 0.0714. The third kappa shape index (κ3) is 1.37. The second-order valence-corrected chi connectivity index (χ2v) is 3.65. The molecule has 15 heavy (non-hydrogen) atoms. The van der Waals surface area contributed by atoms with E-state index in [1.165, 1.54) is 15.7 Å². The first-order valence-electron chi connectivity index (χ1n) is 5.14. The lowest BCUT2D eigenvalue weighted by Gasteiger charge is -1.89. The molecule has 0 aromatic heterocycles. The summed E-state index contributed by atoms with van der Waals surface area (Å²) in [7, 11) is 0. The SMILES string of the molecule is C1=c2ccccc2=c2ccccc2=NC1. The van der Waals surface area contributed by atoms with Crippen LogP contribution in [-0.2, 0) is 0 Å². The molecular formula is C14H11N. The highest BCUT2D eigenvalue weighted by atomic mass is 14.7. The second kappa shape index (κ2) is 3.35. The van der Waals surface area contributed by atoms with Gasteiger partial charge in [-0.2, -0.15) is 0 Å². The van der Waals surface area contributed by atoms with E-state index in [0.717, 1.165) is 11.9 Å². The third-order valence-electron chi connectivity index (χ3n) is 2.73. The third-order valence-corrected chi connectivity index (χ3v) is 2.73. The highest BCUT2D eigenvalue weighted by Gasteiger charge is 1.93. The molecule has 0 atom stereocenters. The van der Waals surface area contributed by atoms with Crippen molar-refractivity contribution in [2.24, 2.45) is 4.99 Å². The van der Waals surface area contributed by atoms with Crippen molar-refractivity contribution in [1.82, 2.24) is 0 Å². The summed E-state index contributed by atoms with van der Waals surface area (Å²) in [6.07, 6.45) is 2.18. The predicted octanol–water partition coefficient (Wildman–Crippen LogP) is 1.39. The van der Waals surface area contributed by atoms with Gasteiger partial charge in [0.2, 0.25) is 0 Å². The molecule has 3 rings (SSSR count). The first-order chi connectivity index (χ1) is 7.45. The lowest BCUT2D eigenvalue weighted by Crippen LogP contribution is -2.06. The Hall–Kier alpha value is -1.89. The largest absolute Gasteiger partial charge is 0.281 e. The first-order valence-corrected chi connectivity index (χ1v) is 5.14. The van der Waals surface area contributed by atoms with Crippen molar-refractivity contribution in [3.8, 4) is 0 Å². The quantitative estimate of drug-likeness (QED) is 0.599. The molecular weight excluding hydrogens is 182 g/mol. The normalized spacial score (nSPS) is 12.8. The molecule has 0 N–H and O–H groups in total. The maximum atomic E-state index is 4.55. The minimum Gasteiger partial charge on any atom is -0.281 e. The van der Waals surface area contributed by atoms with Crippen molar-refractivity contribution in [3.05, 3.63) is 69.5 Å². The van der Waals surface area contributed by atoms with Gasteiger partial charge in [-0.05, 0) is 16.5 Å². The van der Waals surface area contributed by atoms with E-state index in [4.69, 9.17) is 0 Å². The molecule has 0 radical (unpaired) electrons. The van der Waals surface area contributed by atoms with Crippen LogP contribution in [-0.4, -0.2) is 6.54 Å². The van der Waals surface area contributed by atoms with Gasteiger partial charge in [0.1, 0.15) is 0 Å². The van der Waals surface area contributed by atoms with Gasteiger partial charge in [-0.3, -0.25) is 4.99 Å². The Bertz CT molecular complexity index is 637. The van der Waals surface area contributed by atoms with Crippen LogP contribution in [0.1, 0.15) is 0 Å². The van der Waals surface area contributed by atoms with Gasteiger partial charge in [0.15, 0.2) is 0 Å². The molecule has 1 aliphatic heterocycles. The van der Waals surface area contributed by atoms with E-state index in [-0.39, 0.29) is 0 Å². The molecule has 0 saturated heterocycles. The Labute approximate surface area is 87.7 Å². The highest BCUT2D eigenvalue weighted by molar-refractivity contribution is 5.30. The number of hydrogen-bond donors (Lipinski definition) is 0. The number of hydrogen-bond acceptors (Lipinski definition) is 1. The zero-order valence-electron chi connectivity index (χ0n) is 8.35. The molecule has 2 aromatic carbocycles. The van der Waals surface area contributed by atoms with Crippen LogP contribution in [0.4, 0.5) is 0 Å². The van der Waals surface area contributed by atoms with Crippen molar-refractivity contribution in [1.29, 1.82) is 0 Å². The monoisotopic (exact) mass is 193 g/mol. The second-order valence-electron chi connectivity index (χ2n) is 3.65. The smallest absolute Gasteiger partial charge is 0.0656 e. The molecule has 0 amide bonds. The van der Waals surface area contributed by atoms with E-state index in [2.05, 4.69) is 53.5 Å². The molecule has 2 aromatic rings. The number of para-hydroxylation sites is 1. The Balaban J connectivity index is 2.73. The zero-order chi connectivity index (χ0) is 10.1. The number of nitrogens with zero attached hydrogens (tertiary/aromatic N) is 1. The summed E-state index contributed by atoms with van der Waals surface area (Å²) in [5.74, 6) is 0. The molecule has 1 aliphatic rings. The van der Waals surface area contributed by atoms with E-state index >= 15 is 0 Å². The first kappa shape index (κ1) is 8.42. The molecule has 0 unspecified atom stereocenters. The van der Waals surface area contributed by atoms with Crippen LogP contribution < -0.4 is 10.6 Å². The Morgan fingerprint density at radius 2 is 1.53 bits per heavy atom. The van der Waals surface area contributed by atoms with E-state index < -0.39 is 0 Å². The minimum atomic E-state index is 0.772. The van der Waals surface area contributed by atoms with Gasteiger partial charge in [0.05, 0.1) is 11.9 Å². The van der Waals surface area contributed by atoms with Crippen molar-refractivity contribution in [2.45, 2.75) is 0 Å². The molecule has 1 heteroatoms. The molecule has 72 valence electrons. The van der Waals surface area contributed by atoms with Crippen molar-refractivity contribution < 1.29 is 0 Å². The van der Waals surface area contributed by atoms with E-state index in [0.29, 0.717) is 0 Å².